The number of anilines is 1. The van der Waals surface area contributed by atoms with Crippen molar-refractivity contribution in [2.24, 2.45) is 0 Å². The number of nitrogens with one attached hydrogen (secondary N) is 2. The van der Waals surface area contributed by atoms with Crippen molar-refractivity contribution in [3.05, 3.63) is 84.2 Å². The average Bonchev–Trinajstić information content (AvgIpc) is 2.95. The third-order valence-corrected chi connectivity index (χ3v) is 4.90. The van der Waals surface area contributed by atoms with Crippen LogP contribution < -0.4 is 20.1 Å². The largest absolute Gasteiger partial charge is 0.326 e. The molecule has 0 spiro atoms. The molecule has 27 heavy (non-hydrogen) atoms. The lowest BCUT2D eigenvalue weighted by atomic mass is 10.1. The Labute approximate surface area is 163 Å². The molecule has 0 fully saturated rings. The van der Waals surface area contributed by atoms with Gasteiger partial charge >= 0.3 is 0 Å². The average molecular weight is 399 g/mol. The number of hydrogen-bond acceptors (Lipinski definition) is 4. The Morgan fingerprint density at radius 3 is 2.48 bits per heavy atom. The number of benzene rings is 2. The molecule has 0 radical (unpaired) electrons. The molecule has 0 aliphatic carbocycles. The summed E-state index contributed by atoms with van der Waals surface area (Å²) < 4.78 is 0.923. The topological polar surface area (TPSA) is 79.0 Å². The second-order valence-electron chi connectivity index (χ2n) is 5.72. The molecule has 1 aromatic heterocycles. The third-order valence-electron chi connectivity index (χ3n) is 3.61. The van der Waals surface area contributed by atoms with Crippen molar-refractivity contribution in [3.63, 3.8) is 0 Å². The number of ketones is 1. The molecular formula is C20H15ClN2O3S. The highest BCUT2D eigenvalue weighted by atomic mass is 35.5. The molecule has 0 bridgehead atoms. The number of hydrogen-bond donors (Lipinski definition) is 2. The first kappa shape index (κ1) is 18.8. The lowest BCUT2D eigenvalue weighted by Crippen LogP contribution is -2.20. The van der Waals surface area contributed by atoms with Gasteiger partial charge in [0.15, 0.2) is 5.78 Å². The van der Waals surface area contributed by atoms with Crippen LogP contribution in [0.1, 0.15) is 22.8 Å². The predicted octanol–water partition coefficient (Wildman–Crippen LogP) is 2.54. The lowest BCUT2D eigenvalue weighted by Gasteiger charge is -2.01. The summed E-state index contributed by atoms with van der Waals surface area (Å²) in [4.78, 5) is 38.2. The van der Waals surface area contributed by atoms with E-state index in [0.29, 0.717) is 25.5 Å². The second-order valence-corrected chi connectivity index (χ2v) is 7.21. The number of aromatic amines is 1. The summed E-state index contributed by atoms with van der Waals surface area (Å²) in [5, 5.41) is 3.05. The van der Waals surface area contributed by atoms with Crippen LogP contribution in [0.5, 0.6) is 0 Å². The van der Waals surface area contributed by atoms with E-state index in [-0.39, 0.29) is 17.2 Å². The molecule has 1 amide bonds. The van der Waals surface area contributed by atoms with E-state index in [1.165, 1.54) is 24.3 Å². The molecule has 0 aliphatic heterocycles. The fourth-order valence-corrected chi connectivity index (χ4v) is 3.51. The SMILES string of the molecule is CC(=O)Nc1ccc(/C=c2\s/c(=C\C(=O)c3ccccc3Cl)[nH]c2=O)cc1. The van der Waals surface area contributed by atoms with Gasteiger partial charge in [-0.2, -0.15) is 0 Å². The Balaban J connectivity index is 1.91. The Morgan fingerprint density at radius 2 is 1.81 bits per heavy atom. The molecule has 2 aromatic carbocycles. The summed E-state index contributed by atoms with van der Waals surface area (Å²) in [7, 11) is 0. The summed E-state index contributed by atoms with van der Waals surface area (Å²) in [6.07, 6.45) is 3.09. The summed E-state index contributed by atoms with van der Waals surface area (Å²) in [6, 6.07) is 13.8. The number of aromatic nitrogens is 1. The van der Waals surface area contributed by atoms with Gasteiger partial charge in [-0.25, -0.2) is 0 Å². The molecule has 0 saturated carbocycles. The van der Waals surface area contributed by atoms with Crippen LogP contribution >= 0.6 is 22.9 Å². The van der Waals surface area contributed by atoms with Crippen molar-refractivity contribution in [2.45, 2.75) is 6.92 Å². The van der Waals surface area contributed by atoms with E-state index >= 15 is 0 Å². The van der Waals surface area contributed by atoms with Gasteiger partial charge in [-0.1, -0.05) is 35.9 Å². The van der Waals surface area contributed by atoms with Gasteiger partial charge in [-0.05, 0) is 35.9 Å². The van der Waals surface area contributed by atoms with E-state index in [9.17, 15) is 14.4 Å². The van der Waals surface area contributed by atoms with Gasteiger partial charge in [-0.15, -0.1) is 11.3 Å². The van der Waals surface area contributed by atoms with Gasteiger partial charge in [0.05, 0.1) is 14.2 Å². The Bertz CT molecular complexity index is 1180. The summed E-state index contributed by atoms with van der Waals surface area (Å²) >= 11 is 7.22. The summed E-state index contributed by atoms with van der Waals surface area (Å²) in [5.74, 6) is -0.422. The number of rotatable bonds is 4. The zero-order chi connectivity index (χ0) is 19.4. The molecule has 0 aliphatic rings. The number of carbonyl (C=O) groups is 2. The molecule has 1 heterocycles. The summed E-state index contributed by atoms with van der Waals surface area (Å²) in [5.41, 5.74) is 1.59. The first-order valence-corrected chi connectivity index (χ1v) is 9.21. The van der Waals surface area contributed by atoms with E-state index in [1.807, 2.05) is 0 Å². The molecule has 2 N–H and O–H groups in total. The minimum atomic E-state index is -0.274. The van der Waals surface area contributed by atoms with Crippen LogP contribution in [0.3, 0.4) is 0 Å². The van der Waals surface area contributed by atoms with Gasteiger partial charge in [0, 0.05) is 24.3 Å². The minimum absolute atomic E-state index is 0.148. The number of amides is 1. The maximum Gasteiger partial charge on any atom is 0.266 e. The third kappa shape index (κ3) is 4.81. The standard InChI is InChI=1S/C20H15ClN2O3S/c1-12(24)22-14-8-6-13(7-9-14)10-18-20(26)23-19(27-18)11-17(25)15-4-2-3-5-16(15)21/h2-11H,1H3,(H,22,24)(H,23,26)/b18-10-,19-11-. The van der Waals surface area contributed by atoms with E-state index in [1.54, 1.807) is 54.6 Å². The number of H-pyrrole nitrogens is 1. The van der Waals surface area contributed by atoms with Crippen molar-refractivity contribution in [1.82, 2.24) is 4.98 Å². The molecule has 3 aromatic rings. The Morgan fingerprint density at radius 1 is 1.11 bits per heavy atom. The quantitative estimate of drug-likeness (QED) is 0.663. The van der Waals surface area contributed by atoms with Crippen LogP contribution in [0.15, 0.2) is 53.3 Å². The molecular weight excluding hydrogens is 384 g/mol. The molecule has 0 unspecified atom stereocenters. The molecule has 3 rings (SSSR count). The fourth-order valence-electron chi connectivity index (χ4n) is 2.40. The van der Waals surface area contributed by atoms with Crippen LogP contribution in [-0.2, 0) is 4.79 Å². The molecule has 7 heteroatoms. The maximum atomic E-state index is 12.3. The highest BCUT2D eigenvalue weighted by Crippen LogP contribution is 2.15. The van der Waals surface area contributed by atoms with E-state index in [4.69, 9.17) is 11.6 Å². The van der Waals surface area contributed by atoms with E-state index < -0.39 is 0 Å². The van der Waals surface area contributed by atoms with Gasteiger partial charge in [0.25, 0.3) is 5.56 Å². The normalized spacial score (nSPS) is 12.2. The Hall–Kier alpha value is -2.96. The zero-order valence-electron chi connectivity index (χ0n) is 14.3. The van der Waals surface area contributed by atoms with E-state index in [2.05, 4.69) is 10.3 Å². The number of thiazole rings is 1. The summed E-state index contributed by atoms with van der Waals surface area (Å²) in [6.45, 7) is 1.44. The molecule has 5 nitrogen and oxygen atoms in total. The smallest absolute Gasteiger partial charge is 0.266 e. The van der Waals surface area contributed by atoms with Gasteiger partial charge in [0.1, 0.15) is 0 Å². The van der Waals surface area contributed by atoms with Crippen LogP contribution in [0, 0.1) is 0 Å². The maximum absolute atomic E-state index is 12.3. The number of carbonyl (C=O) groups excluding carboxylic acids is 2. The highest BCUT2D eigenvalue weighted by Gasteiger charge is 2.07. The van der Waals surface area contributed by atoms with Crippen molar-refractivity contribution in [2.75, 3.05) is 5.32 Å². The lowest BCUT2D eigenvalue weighted by molar-refractivity contribution is -0.114. The Kier molecular flexibility index (Phi) is 5.69. The van der Waals surface area contributed by atoms with Crippen molar-refractivity contribution >= 4 is 52.5 Å². The van der Waals surface area contributed by atoms with Gasteiger partial charge < -0.3 is 10.3 Å². The monoisotopic (exact) mass is 398 g/mol. The van der Waals surface area contributed by atoms with Crippen LogP contribution in [0.4, 0.5) is 5.69 Å². The predicted molar refractivity (Wildman–Crippen MR) is 109 cm³/mol. The number of halogens is 1. The van der Waals surface area contributed by atoms with E-state index in [0.717, 1.165) is 5.56 Å². The van der Waals surface area contributed by atoms with Crippen molar-refractivity contribution in [3.8, 4) is 0 Å². The van der Waals surface area contributed by atoms with Crippen molar-refractivity contribution in [1.29, 1.82) is 0 Å². The van der Waals surface area contributed by atoms with Crippen LogP contribution in [0.25, 0.3) is 12.2 Å². The highest BCUT2D eigenvalue weighted by molar-refractivity contribution is 7.07. The fraction of sp³-hybridized carbons (Fsp3) is 0.0500. The van der Waals surface area contributed by atoms with Gasteiger partial charge in [0.2, 0.25) is 5.91 Å². The van der Waals surface area contributed by atoms with Crippen LogP contribution in [0.2, 0.25) is 5.02 Å². The number of Topliss-reactive ketones (excluding diaryl/α,β-unsaturated/α-hetero) is 1. The van der Waals surface area contributed by atoms with Crippen molar-refractivity contribution < 1.29 is 9.59 Å². The molecule has 0 atom stereocenters. The van der Waals surface area contributed by atoms with Crippen LogP contribution in [-0.4, -0.2) is 16.7 Å². The minimum Gasteiger partial charge on any atom is -0.326 e. The first-order valence-electron chi connectivity index (χ1n) is 8.01. The second kappa shape index (κ2) is 8.16. The van der Waals surface area contributed by atoms with Gasteiger partial charge in [-0.3, -0.25) is 14.4 Å². The molecule has 136 valence electrons. The zero-order valence-corrected chi connectivity index (χ0v) is 15.9. The first-order chi connectivity index (χ1) is 12.9. The molecule has 0 saturated heterocycles.